The number of benzene rings is 1. The van der Waals surface area contributed by atoms with Crippen LogP contribution in [0, 0.1) is 5.41 Å². The number of nitrogens with zero attached hydrogens (tertiary/aromatic N) is 2. The van der Waals surface area contributed by atoms with Gasteiger partial charge in [0, 0.05) is 39.2 Å². The SMILES string of the molecule is COc1cccc(C(=O)N2CCC3(CCC(=O)N(CC4CCCO4)C3)CC2)c1O. The summed E-state index contributed by atoms with van der Waals surface area (Å²) < 4.78 is 10.8. The maximum absolute atomic E-state index is 12.9. The standard InChI is InChI=1S/C22H30N2O5/c1-28-18-6-2-5-17(20(18)26)21(27)23-11-9-22(10-12-23)8-7-19(25)24(15-22)14-16-4-3-13-29-16/h2,5-6,16,26H,3-4,7-15H2,1H3. The predicted octanol–water partition coefficient (Wildman–Crippen LogP) is 2.42. The smallest absolute Gasteiger partial charge is 0.257 e. The molecule has 7 heteroatoms. The molecule has 3 fully saturated rings. The van der Waals surface area contributed by atoms with Crippen LogP contribution in [-0.2, 0) is 9.53 Å². The first kappa shape index (κ1) is 20.0. The molecule has 4 rings (SSSR count). The third-order valence-electron chi connectivity index (χ3n) is 6.76. The van der Waals surface area contributed by atoms with Gasteiger partial charge in [-0.1, -0.05) is 6.07 Å². The quantitative estimate of drug-likeness (QED) is 0.837. The maximum atomic E-state index is 12.9. The van der Waals surface area contributed by atoms with Crippen LogP contribution in [0.3, 0.4) is 0 Å². The number of carbonyl (C=O) groups is 2. The first-order valence-electron chi connectivity index (χ1n) is 10.6. The molecular weight excluding hydrogens is 372 g/mol. The Bertz CT molecular complexity index is 766. The first-order chi connectivity index (χ1) is 14.0. The minimum absolute atomic E-state index is 0.0831. The van der Waals surface area contributed by atoms with E-state index in [0.717, 1.165) is 45.3 Å². The molecule has 0 bridgehead atoms. The molecule has 1 aromatic carbocycles. The van der Waals surface area contributed by atoms with E-state index in [-0.39, 0.29) is 34.6 Å². The number of amides is 2. The van der Waals surface area contributed by atoms with Crippen LogP contribution < -0.4 is 4.74 Å². The predicted molar refractivity (Wildman–Crippen MR) is 107 cm³/mol. The Morgan fingerprint density at radius 2 is 2.10 bits per heavy atom. The van der Waals surface area contributed by atoms with Crippen molar-refractivity contribution in [1.82, 2.24) is 9.80 Å². The van der Waals surface area contributed by atoms with E-state index in [0.29, 0.717) is 31.8 Å². The Balaban J connectivity index is 1.39. The Morgan fingerprint density at radius 1 is 1.31 bits per heavy atom. The zero-order valence-electron chi connectivity index (χ0n) is 17.1. The average Bonchev–Trinajstić information content (AvgIpc) is 3.24. The second-order valence-corrected chi connectivity index (χ2v) is 8.56. The molecule has 1 aromatic rings. The molecule has 3 aliphatic rings. The molecule has 1 N–H and O–H groups in total. The Labute approximate surface area is 171 Å². The number of methoxy groups -OCH3 is 1. The Kier molecular flexibility index (Phi) is 5.67. The van der Waals surface area contributed by atoms with Gasteiger partial charge in [0.2, 0.25) is 5.91 Å². The van der Waals surface area contributed by atoms with Crippen LogP contribution in [0.2, 0.25) is 0 Å². The fourth-order valence-corrected chi connectivity index (χ4v) is 4.93. The number of rotatable bonds is 4. The van der Waals surface area contributed by atoms with Crippen LogP contribution in [0.1, 0.15) is 48.9 Å². The zero-order chi connectivity index (χ0) is 20.4. The lowest BCUT2D eigenvalue weighted by atomic mass is 9.72. The van der Waals surface area contributed by atoms with E-state index < -0.39 is 0 Å². The van der Waals surface area contributed by atoms with E-state index in [1.54, 1.807) is 23.1 Å². The zero-order valence-corrected chi connectivity index (χ0v) is 17.1. The molecule has 1 atom stereocenters. The van der Waals surface area contributed by atoms with Gasteiger partial charge >= 0.3 is 0 Å². The van der Waals surface area contributed by atoms with Crippen LogP contribution in [-0.4, -0.2) is 72.7 Å². The molecular formula is C22H30N2O5. The lowest BCUT2D eigenvalue weighted by Gasteiger charge is -2.47. The number of piperidine rings is 2. The normalized spacial score (nSPS) is 24.2. The van der Waals surface area contributed by atoms with Gasteiger partial charge in [-0.15, -0.1) is 0 Å². The van der Waals surface area contributed by atoms with E-state index >= 15 is 0 Å². The number of aromatic hydroxyl groups is 1. The average molecular weight is 402 g/mol. The van der Waals surface area contributed by atoms with E-state index in [2.05, 4.69) is 0 Å². The van der Waals surface area contributed by atoms with Crippen molar-refractivity contribution in [2.45, 2.75) is 44.6 Å². The Hall–Kier alpha value is -2.28. The summed E-state index contributed by atoms with van der Waals surface area (Å²) in [5.74, 6) is 0.261. The van der Waals surface area contributed by atoms with Crippen molar-refractivity contribution in [3.8, 4) is 11.5 Å². The van der Waals surface area contributed by atoms with Gasteiger partial charge in [0.25, 0.3) is 5.91 Å². The van der Waals surface area contributed by atoms with Gasteiger partial charge in [-0.2, -0.15) is 0 Å². The van der Waals surface area contributed by atoms with Crippen molar-refractivity contribution in [2.24, 2.45) is 5.41 Å². The van der Waals surface area contributed by atoms with E-state index in [9.17, 15) is 14.7 Å². The van der Waals surface area contributed by atoms with E-state index in [4.69, 9.17) is 9.47 Å². The summed E-state index contributed by atoms with van der Waals surface area (Å²) >= 11 is 0. The number of hydrogen-bond donors (Lipinski definition) is 1. The van der Waals surface area contributed by atoms with E-state index in [1.807, 2.05) is 4.90 Å². The molecule has 7 nitrogen and oxygen atoms in total. The molecule has 0 saturated carbocycles. The summed E-state index contributed by atoms with van der Waals surface area (Å²) in [4.78, 5) is 29.2. The number of carbonyl (C=O) groups excluding carboxylic acids is 2. The summed E-state index contributed by atoms with van der Waals surface area (Å²) in [7, 11) is 1.47. The summed E-state index contributed by atoms with van der Waals surface area (Å²) in [5.41, 5.74) is 0.360. The molecule has 1 unspecified atom stereocenters. The second-order valence-electron chi connectivity index (χ2n) is 8.56. The highest BCUT2D eigenvalue weighted by atomic mass is 16.5. The summed E-state index contributed by atoms with van der Waals surface area (Å²) in [6, 6.07) is 4.99. The van der Waals surface area contributed by atoms with Gasteiger partial charge in [-0.25, -0.2) is 0 Å². The minimum Gasteiger partial charge on any atom is -0.504 e. The molecule has 0 aliphatic carbocycles. The molecule has 3 saturated heterocycles. The van der Waals surface area contributed by atoms with Crippen LogP contribution in [0.5, 0.6) is 11.5 Å². The van der Waals surface area contributed by atoms with E-state index in [1.165, 1.54) is 7.11 Å². The molecule has 0 aromatic heterocycles. The highest BCUT2D eigenvalue weighted by molar-refractivity contribution is 5.97. The van der Waals surface area contributed by atoms with Crippen molar-refractivity contribution in [2.75, 3.05) is 39.9 Å². The topological polar surface area (TPSA) is 79.3 Å². The minimum atomic E-state index is -0.167. The van der Waals surface area contributed by atoms with Gasteiger partial charge < -0.3 is 24.4 Å². The molecule has 3 heterocycles. The fourth-order valence-electron chi connectivity index (χ4n) is 4.93. The van der Waals surface area contributed by atoms with Crippen LogP contribution in [0.4, 0.5) is 0 Å². The van der Waals surface area contributed by atoms with Crippen molar-refractivity contribution in [3.05, 3.63) is 23.8 Å². The van der Waals surface area contributed by atoms with Crippen molar-refractivity contribution in [3.63, 3.8) is 0 Å². The van der Waals surface area contributed by atoms with Gasteiger partial charge in [0.05, 0.1) is 18.8 Å². The lowest BCUT2D eigenvalue weighted by Crippen LogP contribution is -2.53. The van der Waals surface area contributed by atoms with Crippen molar-refractivity contribution in [1.29, 1.82) is 0 Å². The van der Waals surface area contributed by atoms with Crippen molar-refractivity contribution < 1.29 is 24.2 Å². The summed E-state index contributed by atoms with van der Waals surface area (Å²) in [6.45, 7) is 3.53. The Morgan fingerprint density at radius 3 is 2.79 bits per heavy atom. The third kappa shape index (κ3) is 4.06. The largest absolute Gasteiger partial charge is 0.504 e. The molecule has 29 heavy (non-hydrogen) atoms. The van der Waals surface area contributed by atoms with Gasteiger partial charge in [0.15, 0.2) is 11.5 Å². The monoisotopic (exact) mass is 402 g/mol. The number of para-hydroxylation sites is 1. The highest BCUT2D eigenvalue weighted by Crippen LogP contribution is 2.41. The summed E-state index contributed by atoms with van der Waals surface area (Å²) in [6.07, 6.45) is 5.50. The molecule has 2 amide bonds. The number of phenols is 1. The molecule has 0 radical (unpaired) electrons. The van der Waals surface area contributed by atoms with Gasteiger partial charge in [-0.05, 0) is 49.7 Å². The third-order valence-corrected chi connectivity index (χ3v) is 6.76. The maximum Gasteiger partial charge on any atom is 0.257 e. The highest BCUT2D eigenvalue weighted by Gasteiger charge is 2.42. The summed E-state index contributed by atoms with van der Waals surface area (Å²) in [5, 5.41) is 10.3. The molecule has 3 aliphatic heterocycles. The van der Waals surface area contributed by atoms with Crippen molar-refractivity contribution >= 4 is 11.8 Å². The van der Waals surface area contributed by atoms with Crippen LogP contribution >= 0.6 is 0 Å². The number of hydrogen-bond acceptors (Lipinski definition) is 5. The fraction of sp³-hybridized carbons (Fsp3) is 0.636. The van der Waals surface area contributed by atoms with Gasteiger partial charge in [0.1, 0.15) is 0 Å². The number of ether oxygens (including phenoxy) is 2. The first-order valence-corrected chi connectivity index (χ1v) is 10.6. The van der Waals surface area contributed by atoms with Gasteiger partial charge in [-0.3, -0.25) is 9.59 Å². The van der Waals surface area contributed by atoms with Crippen LogP contribution in [0.25, 0.3) is 0 Å². The van der Waals surface area contributed by atoms with Crippen LogP contribution in [0.15, 0.2) is 18.2 Å². The number of likely N-dealkylation sites (tertiary alicyclic amines) is 2. The lowest BCUT2D eigenvalue weighted by molar-refractivity contribution is -0.141. The number of phenolic OH excluding ortho intramolecular Hbond substituents is 1. The molecule has 1 spiro atoms. The second kappa shape index (κ2) is 8.22. The molecule has 158 valence electrons.